The molecule has 0 saturated heterocycles. The normalized spacial score (nSPS) is 12.3. The summed E-state index contributed by atoms with van der Waals surface area (Å²) in [7, 11) is -2.24. The van der Waals surface area contributed by atoms with Crippen LogP contribution in [0.15, 0.2) is 42.5 Å². The van der Waals surface area contributed by atoms with Crippen molar-refractivity contribution in [1.82, 2.24) is 0 Å². The molecule has 0 aliphatic carbocycles. The Bertz CT molecular complexity index is 919. The second-order valence-electron chi connectivity index (χ2n) is 5.55. The lowest BCUT2D eigenvalue weighted by atomic mass is 10.2. The molecule has 0 bridgehead atoms. The van der Waals surface area contributed by atoms with Crippen molar-refractivity contribution in [3.8, 4) is 5.75 Å². The molecule has 2 rings (SSSR count). The summed E-state index contributed by atoms with van der Waals surface area (Å²) in [6, 6.07) is 10.0. The van der Waals surface area contributed by atoms with E-state index < -0.39 is 22.0 Å². The van der Waals surface area contributed by atoms with Crippen LogP contribution in [0.25, 0.3) is 0 Å². The summed E-state index contributed by atoms with van der Waals surface area (Å²) in [5.74, 6) is -0.0500. The highest BCUT2D eigenvalue weighted by Gasteiger charge is 2.29. The van der Waals surface area contributed by atoms with Crippen LogP contribution in [0.4, 0.5) is 11.4 Å². The van der Waals surface area contributed by atoms with Crippen LogP contribution in [0.1, 0.15) is 6.92 Å². The molecule has 0 spiro atoms. The molecule has 0 heterocycles. The number of rotatable bonds is 6. The SMILES string of the molecule is COc1ccc(NC(=O)[C@H](C)N(c2cccc(Cl)c2)S(C)(=O)=O)cc1Cl. The van der Waals surface area contributed by atoms with Gasteiger partial charge in [-0.3, -0.25) is 9.10 Å². The fourth-order valence-corrected chi connectivity index (χ4v) is 4.02. The van der Waals surface area contributed by atoms with Gasteiger partial charge in [0.25, 0.3) is 0 Å². The number of amides is 1. The maximum Gasteiger partial charge on any atom is 0.247 e. The topological polar surface area (TPSA) is 75.7 Å². The molecule has 1 N–H and O–H groups in total. The highest BCUT2D eigenvalue weighted by Crippen LogP contribution is 2.28. The Balaban J connectivity index is 2.29. The minimum atomic E-state index is -3.72. The number of nitrogens with one attached hydrogen (secondary N) is 1. The van der Waals surface area contributed by atoms with Crippen molar-refractivity contribution in [2.75, 3.05) is 23.0 Å². The van der Waals surface area contributed by atoms with Crippen LogP contribution < -0.4 is 14.4 Å². The number of benzene rings is 2. The van der Waals surface area contributed by atoms with Gasteiger partial charge in [0.05, 0.1) is 24.1 Å². The summed E-state index contributed by atoms with van der Waals surface area (Å²) in [6.45, 7) is 1.49. The zero-order chi connectivity index (χ0) is 19.5. The second-order valence-corrected chi connectivity index (χ2v) is 8.26. The fraction of sp³-hybridized carbons (Fsp3) is 0.235. The van der Waals surface area contributed by atoms with Crippen LogP contribution in [0, 0.1) is 0 Å². The molecule has 0 aliphatic heterocycles. The minimum Gasteiger partial charge on any atom is -0.495 e. The zero-order valence-corrected chi connectivity index (χ0v) is 16.7. The molecular weight excluding hydrogens is 399 g/mol. The van der Waals surface area contributed by atoms with E-state index in [1.54, 1.807) is 30.3 Å². The Labute approximate surface area is 162 Å². The van der Waals surface area contributed by atoms with Gasteiger partial charge < -0.3 is 10.1 Å². The number of methoxy groups -OCH3 is 1. The fourth-order valence-electron chi connectivity index (χ4n) is 2.41. The van der Waals surface area contributed by atoms with Gasteiger partial charge in [-0.1, -0.05) is 29.3 Å². The highest BCUT2D eigenvalue weighted by molar-refractivity contribution is 7.92. The van der Waals surface area contributed by atoms with E-state index in [1.807, 2.05) is 0 Å². The first kappa shape index (κ1) is 20.4. The molecule has 6 nitrogen and oxygen atoms in total. The molecule has 26 heavy (non-hydrogen) atoms. The number of carbonyl (C=O) groups excluding carboxylic acids is 1. The number of hydrogen-bond acceptors (Lipinski definition) is 4. The Hall–Kier alpha value is -1.96. The van der Waals surface area contributed by atoms with E-state index in [0.717, 1.165) is 10.6 Å². The maximum atomic E-state index is 12.6. The average molecular weight is 417 g/mol. The molecule has 0 aliphatic rings. The lowest BCUT2D eigenvalue weighted by Crippen LogP contribution is -2.45. The number of hydrogen-bond donors (Lipinski definition) is 1. The first-order valence-electron chi connectivity index (χ1n) is 7.53. The Morgan fingerprint density at radius 1 is 1.19 bits per heavy atom. The van der Waals surface area contributed by atoms with Crippen molar-refractivity contribution in [2.45, 2.75) is 13.0 Å². The van der Waals surface area contributed by atoms with E-state index in [0.29, 0.717) is 27.2 Å². The van der Waals surface area contributed by atoms with Gasteiger partial charge in [-0.15, -0.1) is 0 Å². The first-order valence-corrected chi connectivity index (χ1v) is 10.1. The van der Waals surface area contributed by atoms with Crippen molar-refractivity contribution < 1.29 is 17.9 Å². The smallest absolute Gasteiger partial charge is 0.247 e. The number of nitrogens with zero attached hydrogens (tertiary/aromatic N) is 1. The van der Waals surface area contributed by atoms with E-state index in [4.69, 9.17) is 27.9 Å². The maximum absolute atomic E-state index is 12.6. The van der Waals surface area contributed by atoms with Gasteiger partial charge in [-0.05, 0) is 43.3 Å². The molecule has 1 atom stereocenters. The molecule has 0 radical (unpaired) electrons. The van der Waals surface area contributed by atoms with E-state index in [9.17, 15) is 13.2 Å². The van der Waals surface area contributed by atoms with Crippen molar-refractivity contribution in [3.05, 3.63) is 52.5 Å². The van der Waals surface area contributed by atoms with Gasteiger partial charge in [0.15, 0.2) is 0 Å². The lowest BCUT2D eigenvalue weighted by molar-refractivity contribution is -0.116. The molecule has 0 saturated carbocycles. The summed E-state index contributed by atoms with van der Waals surface area (Å²) in [4.78, 5) is 12.6. The largest absolute Gasteiger partial charge is 0.495 e. The van der Waals surface area contributed by atoms with Crippen molar-refractivity contribution >= 4 is 50.5 Å². The van der Waals surface area contributed by atoms with Crippen LogP contribution in [0.5, 0.6) is 5.75 Å². The van der Waals surface area contributed by atoms with Crippen LogP contribution in [0.3, 0.4) is 0 Å². The summed E-state index contributed by atoms with van der Waals surface area (Å²) >= 11 is 12.0. The summed E-state index contributed by atoms with van der Waals surface area (Å²) in [6.07, 6.45) is 1.03. The number of halogens is 2. The number of sulfonamides is 1. The monoisotopic (exact) mass is 416 g/mol. The third kappa shape index (κ3) is 4.81. The number of ether oxygens (including phenoxy) is 1. The van der Waals surface area contributed by atoms with E-state index in [-0.39, 0.29) is 0 Å². The van der Waals surface area contributed by atoms with Crippen molar-refractivity contribution in [3.63, 3.8) is 0 Å². The lowest BCUT2D eigenvalue weighted by Gasteiger charge is -2.28. The van der Waals surface area contributed by atoms with E-state index in [2.05, 4.69) is 5.32 Å². The highest BCUT2D eigenvalue weighted by atomic mass is 35.5. The van der Waals surface area contributed by atoms with Crippen molar-refractivity contribution in [2.24, 2.45) is 0 Å². The molecule has 140 valence electrons. The zero-order valence-electron chi connectivity index (χ0n) is 14.4. The standard InChI is InChI=1S/C17H18Cl2N2O4S/c1-11(17(22)20-13-7-8-16(25-2)15(19)10-13)21(26(3,23)24)14-6-4-5-12(18)9-14/h4-11H,1-3H3,(H,20,22)/t11-/m0/s1. The molecule has 0 fully saturated rings. The molecule has 0 unspecified atom stereocenters. The van der Waals surface area contributed by atoms with Gasteiger partial charge in [0, 0.05) is 10.7 Å². The molecule has 9 heteroatoms. The van der Waals surface area contributed by atoms with Crippen molar-refractivity contribution in [1.29, 1.82) is 0 Å². The minimum absolute atomic E-state index is 0.301. The van der Waals surface area contributed by atoms with Gasteiger partial charge in [0.2, 0.25) is 15.9 Å². The van der Waals surface area contributed by atoms with Crippen LogP contribution >= 0.6 is 23.2 Å². The molecular formula is C17H18Cl2N2O4S. The van der Waals surface area contributed by atoms with Gasteiger partial charge >= 0.3 is 0 Å². The summed E-state index contributed by atoms with van der Waals surface area (Å²) in [5, 5.41) is 3.35. The Morgan fingerprint density at radius 2 is 1.88 bits per heavy atom. The predicted octanol–water partition coefficient (Wildman–Crippen LogP) is 3.80. The quantitative estimate of drug-likeness (QED) is 0.776. The third-order valence-corrected chi connectivity index (χ3v) is 5.34. The summed E-state index contributed by atoms with van der Waals surface area (Å²) < 4.78 is 30.6. The summed E-state index contributed by atoms with van der Waals surface area (Å²) in [5.41, 5.74) is 0.725. The Morgan fingerprint density at radius 3 is 2.42 bits per heavy atom. The Kier molecular flexibility index (Phi) is 6.39. The van der Waals surface area contributed by atoms with E-state index in [1.165, 1.54) is 26.2 Å². The number of anilines is 2. The van der Waals surface area contributed by atoms with Crippen LogP contribution in [-0.4, -0.2) is 33.7 Å². The molecule has 2 aromatic carbocycles. The number of carbonyl (C=O) groups is 1. The van der Waals surface area contributed by atoms with Crippen LogP contribution in [-0.2, 0) is 14.8 Å². The van der Waals surface area contributed by atoms with Gasteiger partial charge in [0.1, 0.15) is 11.8 Å². The van der Waals surface area contributed by atoms with Gasteiger partial charge in [-0.2, -0.15) is 0 Å². The van der Waals surface area contributed by atoms with Crippen LogP contribution in [0.2, 0.25) is 10.0 Å². The van der Waals surface area contributed by atoms with E-state index >= 15 is 0 Å². The average Bonchev–Trinajstić information content (AvgIpc) is 2.54. The predicted molar refractivity (Wildman–Crippen MR) is 105 cm³/mol. The third-order valence-electron chi connectivity index (χ3n) is 3.57. The second kappa shape index (κ2) is 8.16. The first-order chi connectivity index (χ1) is 12.1. The van der Waals surface area contributed by atoms with Gasteiger partial charge in [-0.25, -0.2) is 8.42 Å². The molecule has 0 aromatic heterocycles. The molecule has 2 aromatic rings. The molecule has 1 amide bonds.